The molecule has 0 spiro atoms. The number of aryl methyl sites for hydroxylation is 1. The topological polar surface area (TPSA) is 121 Å². The molecule has 3 N–H and O–H groups in total. The average Bonchev–Trinajstić information content (AvgIpc) is 3.11. The van der Waals surface area contributed by atoms with Crippen LogP contribution in [0.1, 0.15) is 25.5 Å². The van der Waals surface area contributed by atoms with Crippen molar-refractivity contribution in [3.63, 3.8) is 0 Å². The highest BCUT2D eigenvalue weighted by Crippen LogP contribution is 2.29. The summed E-state index contributed by atoms with van der Waals surface area (Å²) in [4.78, 5) is 17.3. The van der Waals surface area contributed by atoms with Crippen LogP contribution >= 0.6 is 34.5 Å². The maximum atomic E-state index is 12.6. The van der Waals surface area contributed by atoms with E-state index in [9.17, 15) is 18.3 Å². The lowest BCUT2D eigenvalue weighted by atomic mass is 10.1. The normalized spacial score (nSPS) is 16.5. The molecule has 182 valence electrons. The number of ether oxygens (including phenoxy) is 1. The summed E-state index contributed by atoms with van der Waals surface area (Å²) >= 11 is 12.8. The number of aromatic nitrogens is 1. The van der Waals surface area contributed by atoms with Gasteiger partial charge < -0.3 is 20.1 Å². The van der Waals surface area contributed by atoms with Gasteiger partial charge >= 0.3 is 0 Å². The maximum absolute atomic E-state index is 12.6. The maximum Gasteiger partial charge on any atom is 0.252 e. The van der Waals surface area contributed by atoms with Crippen molar-refractivity contribution >= 4 is 55.6 Å². The first-order valence-electron chi connectivity index (χ1n) is 10.3. The van der Waals surface area contributed by atoms with Crippen LogP contribution in [0.2, 0.25) is 10.0 Å². The number of aliphatic hydroxyl groups excluding tert-OH is 1. The molecule has 0 unspecified atom stereocenters. The Morgan fingerprint density at radius 3 is 2.67 bits per heavy atom. The van der Waals surface area contributed by atoms with Crippen LogP contribution in [0.25, 0.3) is 0 Å². The van der Waals surface area contributed by atoms with Gasteiger partial charge in [-0.1, -0.05) is 34.5 Å². The molecule has 2 aromatic rings. The smallest absolute Gasteiger partial charge is 0.252 e. The van der Waals surface area contributed by atoms with Crippen molar-refractivity contribution in [2.75, 3.05) is 31.5 Å². The van der Waals surface area contributed by atoms with Crippen molar-refractivity contribution in [2.24, 2.45) is 0 Å². The molecule has 1 atom stereocenters. The molecule has 1 aliphatic heterocycles. The van der Waals surface area contributed by atoms with Gasteiger partial charge in [0.15, 0.2) is 9.34 Å². The van der Waals surface area contributed by atoms with Crippen LogP contribution in [0.15, 0.2) is 22.4 Å². The number of nitrogens with zero attached hydrogens (tertiary/aromatic N) is 2. The third kappa shape index (κ3) is 7.51. The molecule has 0 bridgehead atoms. The molecule has 1 aromatic heterocycles. The molecule has 1 amide bonds. The van der Waals surface area contributed by atoms with Crippen LogP contribution in [0.5, 0.6) is 5.75 Å². The first-order chi connectivity index (χ1) is 15.5. The van der Waals surface area contributed by atoms with E-state index in [1.807, 2.05) is 0 Å². The average molecular weight is 537 g/mol. The zero-order chi connectivity index (χ0) is 24.2. The number of anilines is 1. The quantitative estimate of drug-likeness (QED) is 0.450. The molecule has 0 saturated carbocycles. The minimum atomic E-state index is -3.86. The summed E-state index contributed by atoms with van der Waals surface area (Å²) in [6.45, 7) is 4.50. The number of halogens is 2. The summed E-state index contributed by atoms with van der Waals surface area (Å²) in [5, 5.41) is 14.0. The number of aliphatic hydroxyl groups is 1. The first-order valence-corrected chi connectivity index (χ1v) is 13.4. The molecule has 9 nitrogen and oxygen atoms in total. The van der Waals surface area contributed by atoms with E-state index < -0.39 is 16.1 Å². The molecular formula is C20H26Cl2N4O5S2. The van der Waals surface area contributed by atoms with Crippen molar-refractivity contribution in [3.8, 4) is 5.75 Å². The number of carbonyl (C=O) groups is 1. The second-order valence-electron chi connectivity index (χ2n) is 7.77. The standard InChI is InChI=1S/C20H26Cl2N4O5S2/c1-12-19(32-20(24-12)25-13(2)27)33(29,30)23-10-14(28)11-26-7-5-15(6-8-26)31-16-3-4-17(21)18(22)9-16/h3-4,9,14-15,23,28H,5-8,10-11H2,1-2H3,(H,24,25,27)/t14-/m1/s1. The zero-order valence-corrected chi connectivity index (χ0v) is 21.3. The van der Waals surface area contributed by atoms with E-state index in [1.54, 1.807) is 25.1 Å². The number of hydrogen-bond donors (Lipinski definition) is 3. The van der Waals surface area contributed by atoms with Gasteiger partial charge in [-0.3, -0.25) is 4.79 Å². The van der Waals surface area contributed by atoms with Crippen molar-refractivity contribution in [1.29, 1.82) is 0 Å². The number of β-amino-alcohol motifs (C(OH)–C–C–N with tert-alkyl or cyclic N) is 1. The Bertz CT molecular complexity index is 1090. The molecule has 1 aromatic carbocycles. The molecule has 1 aliphatic rings. The fraction of sp³-hybridized carbons (Fsp3) is 0.500. The second kappa shape index (κ2) is 11.3. The third-order valence-electron chi connectivity index (χ3n) is 4.99. The number of piperidine rings is 1. The molecule has 13 heteroatoms. The Labute approximate surface area is 207 Å². The fourth-order valence-corrected chi connectivity index (χ4v) is 6.29. The lowest BCUT2D eigenvalue weighted by molar-refractivity contribution is -0.114. The summed E-state index contributed by atoms with van der Waals surface area (Å²) in [5.41, 5.74) is 0.287. The number of likely N-dealkylation sites (tertiary alicyclic amines) is 1. The lowest BCUT2D eigenvalue weighted by Crippen LogP contribution is -2.44. The predicted molar refractivity (Wildman–Crippen MR) is 129 cm³/mol. The van der Waals surface area contributed by atoms with Crippen LogP contribution in [-0.4, -0.2) is 67.7 Å². The summed E-state index contributed by atoms with van der Waals surface area (Å²) in [7, 11) is -3.86. The molecule has 1 saturated heterocycles. The number of sulfonamides is 1. The van der Waals surface area contributed by atoms with E-state index in [4.69, 9.17) is 27.9 Å². The summed E-state index contributed by atoms with van der Waals surface area (Å²) in [5.74, 6) is 0.333. The number of carbonyl (C=O) groups excluding carboxylic acids is 1. The van der Waals surface area contributed by atoms with Crippen LogP contribution in [0, 0.1) is 6.92 Å². The van der Waals surface area contributed by atoms with Crippen molar-refractivity contribution in [1.82, 2.24) is 14.6 Å². The number of nitrogens with one attached hydrogen (secondary N) is 2. The van der Waals surface area contributed by atoms with Gasteiger partial charge in [-0.2, -0.15) is 0 Å². The monoisotopic (exact) mass is 536 g/mol. The highest BCUT2D eigenvalue weighted by atomic mass is 35.5. The Morgan fingerprint density at radius 2 is 2.03 bits per heavy atom. The van der Waals surface area contributed by atoms with E-state index in [2.05, 4.69) is 19.9 Å². The molecule has 3 rings (SSSR count). The summed E-state index contributed by atoms with van der Waals surface area (Å²) < 4.78 is 33.6. The van der Waals surface area contributed by atoms with E-state index in [-0.39, 0.29) is 33.6 Å². The van der Waals surface area contributed by atoms with Gasteiger partial charge in [0.25, 0.3) is 10.0 Å². The van der Waals surface area contributed by atoms with Crippen molar-refractivity contribution in [3.05, 3.63) is 33.9 Å². The van der Waals surface area contributed by atoms with Crippen LogP contribution in [0.4, 0.5) is 5.13 Å². The van der Waals surface area contributed by atoms with E-state index in [0.717, 1.165) is 24.2 Å². The van der Waals surface area contributed by atoms with Gasteiger partial charge in [0.2, 0.25) is 5.91 Å². The molecule has 0 radical (unpaired) electrons. The highest BCUT2D eigenvalue weighted by molar-refractivity contribution is 7.91. The number of rotatable bonds is 9. The largest absolute Gasteiger partial charge is 0.490 e. The van der Waals surface area contributed by atoms with Crippen molar-refractivity contribution in [2.45, 2.75) is 43.1 Å². The minimum absolute atomic E-state index is 0.0127. The van der Waals surface area contributed by atoms with Crippen LogP contribution in [-0.2, 0) is 14.8 Å². The predicted octanol–water partition coefficient (Wildman–Crippen LogP) is 2.90. The Morgan fingerprint density at radius 1 is 1.33 bits per heavy atom. The van der Waals surface area contributed by atoms with Gasteiger partial charge in [0.1, 0.15) is 11.9 Å². The fourth-order valence-electron chi connectivity index (χ4n) is 3.42. The molecule has 2 heterocycles. The molecular weight excluding hydrogens is 511 g/mol. The summed E-state index contributed by atoms with van der Waals surface area (Å²) in [6, 6.07) is 5.16. The van der Waals surface area contributed by atoms with E-state index in [0.29, 0.717) is 35.4 Å². The zero-order valence-electron chi connectivity index (χ0n) is 18.2. The highest BCUT2D eigenvalue weighted by Gasteiger charge is 2.25. The van der Waals surface area contributed by atoms with E-state index in [1.165, 1.54) is 6.92 Å². The van der Waals surface area contributed by atoms with Gasteiger partial charge in [0, 0.05) is 39.2 Å². The third-order valence-corrected chi connectivity index (χ3v) is 8.83. The van der Waals surface area contributed by atoms with Crippen LogP contribution < -0.4 is 14.8 Å². The minimum Gasteiger partial charge on any atom is -0.490 e. The molecule has 0 aliphatic carbocycles. The Kier molecular flexibility index (Phi) is 8.95. The lowest BCUT2D eigenvalue weighted by Gasteiger charge is -2.33. The number of hydrogen-bond acceptors (Lipinski definition) is 8. The first kappa shape index (κ1) is 26.1. The summed E-state index contributed by atoms with van der Waals surface area (Å²) in [6.07, 6.45) is 0.687. The number of thiazole rings is 1. The Balaban J connectivity index is 1.45. The van der Waals surface area contributed by atoms with Gasteiger partial charge in [-0.15, -0.1) is 0 Å². The van der Waals surface area contributed by atoms with Gasteiger partial charge in [-0.05, 0) is 31.9 Å². The molecule has 33 heavy (non-hydrogen) atoms. The van der Waals surface area contributed by atoms with Crippen LogP contribution in [0.3, 0.4) is 0 Å². The Hall–Kier alpha value is -1.47. The van der Waals surface area contributed by atoms with Gasteiger partial charge in [-0.25, -0.2) is 18.1 Å². The number of amides is 1. The van der Waals surface area contributed by atoms with E-state index >= 15 is 0 Å². The van der Waals surface area contributed by atoms with Crippen molar-refractivity contribution < 1.29 is 23.1 Å². The SMILES string of the molecule is CC(=O)Nc1nc(C)c(S(=O)(=O)NC[C@@H](O)CN2CCC(Oc3ccc(Cl)c(Cl)c3)CC2)s1. The van der Waals surface area contributed by atoms with Gasteiger partial charge in [0.05, 0.1) is 21.8 Å². The molecule has 1 fully saturated rings. The second-order valence-corrected chi connectivity index (χ2v) is 11.5. The number of benzene rings is 1.